The average Bonchev–Trinajstić information content (AvgIpc) is 2.27. The van der Waals surface area contributed by atoms with Crippen LogP contribution in [0.3, 0.4) is 0 Å². The zero-order valence-corrected chi connectivity index (χ0v) is 8.96. The summed E-state index contributed by atoms with van der Waals surface area (Å²) in [4.78, 5) is 0. The molecule has 0 fully saturated rings. The predicted molar refractivity (Wildman–Crippen MR) is 58.3 cm³/mol. The molecule has 1 aliphatic carbocycles. The summed E-state index contributed by atoms with van der Waals surface area (Å²) < 4.78 is 0. The smallest absolute Gasteiger partial charge is 0.0792 e. The van der Waals surface area contributed by atoms with Crippen LogP contribution in [0.2, 0.25) is 0 Å². The van der Waals surface area contributed by atoms with Crippen LogP contribution in [0, 0.1) is 0 Å². The molecule has 0 spiro atoms. The van der Waals surface area contributed by atoms with Gasteiger partial charge in [0.1, 0.15) is 0 Å². The van der Waals surface area contributed by atoms with Gasteiger partial charge in [0.05, 0.1) is 6.10 Å². The highest BCUT2D eigenvalue weighted by atomic mass is 16.3. The Morgan fingerprint density at radius 2 is 2.00 bits per heavy atom. The van der Waals surface area contributed by atoms with E-state index in [0.29, 0.717) is 0 Å². The van der Waals surface area contributed by atoms with Gasteiger partial charge < -0.3 is 5.11 Å². The van der Waals surface area contributed by atoms with Crippen molar-refractivity contribution in [3.05, 3.63) is 35.4 Å². The van der Waals surface area contributed by atoms with Gasteiger partial charge in [-0.2, -0.15) is 0 Å². The molecule has 0 saturated carbocycles. The molecule has 0 radical (unpaired) electrons. The van der Waals surface area contributed by atoms with Gasteiger partial charge >= 0.3 is 0 Å². The Kier molecular flexibility index (Phi) is 2.36. The van der Waals surface area contributed by atoms with Crippen LogP contribution in [-0.4, -0.2) is 5.11 Å². The number of aliphatic hydroxyl groups is 1. The van der Waals surface area contributed by atoms with Crippen LogP contribution in [0.5, 0.6) is 0 Å². The molecular formula is C13H18O. The Bertz CT molecular complexity index is 328. The number of aliphatic hydroxyl groups excluding tert-OH is 1. The molecule has 0 aliphatic heterocycles. The SMILES string of the molecule is CC1(C)CCCC(O)c2ccccc21. The summed E-state index contributed by atoms with van der Waals surface area (Å²) in [6.45, 7) is 4.54. The molecule has 1 aromatic carbocycles. The van der Waals surface area contributed by atoms with Crippen molar-refractivity contribution in [3.63, 3.8) is 0 Å². The van der Waals surface area contributed by atoms with Gasteiger partial charge in [-0.1, -0.05) is 38.1 Å². The number of hydrogen-bond acceptors (Lipinski definition) is 1. The fourth-order valence-corrected chi connectivity index (χ4v) is 2.43. The molecule has 1 atom stereocenters. The molecule has 1 unspecified atom stereocenters. The third-order valence-electron chi connectivity index (χ3n) is 3.33. The summed E-state index contributed by atoms with van der Waals surface area (Å²) in [7, 11) is 0. The summed E-state index contributed by atoms with van der Waals surface area (Å²) in [6.07, 6.45) is 2.93. The Balaban J connectivity index is 2.53. The maximum absolute atomic E-state index is 9.97. The lowest BCUT2D eigenvalue weighted by molar-refractivity contribution is 0.166. The number of benzene rings is 1. The number of hydrogen-bond donors (Lipinski definition) is 1. The average molecular weight is 190 g/mol. The van der Waals surface area contributed by atoms with Crippen molar-refractivity contribution >= 4 is 0 Å². The van der Waals surface area contributed by atoms with Crippen LogP contribution in [0.15, 0.2) is 24.3 Å². The van der Waals surface area contributed by atoms with Crippen LogP contribution < -0.4 is 0 Å². The summed E-state index contributed by atoms with van der Waals surface area (Å²) in [5.74, 6) is 0. The molecule has 1 aliphatic rings. The van der Waals surface area contributed by atoms with Gasteiger partial charge in [0.2, 0.25) is 0 Å². The van der Waals surface area contributed by atoms with E-state index in [-0.39, 0.29) is 11.5 Å². The largest absolute Gasteiger partial charge is 0.388 e. The number of fused-ring (bicyclic) bond motifs is 1. The molecule has 76 valence electrons. The van der Waals surface area contributed by atoms with E-state index in [2.05, 4.69) is 32.0 Å². The summed E-state index contributed by atoms with van der Waals surface area (Å²) >= 11 is 0. The minimum absolute atomic E-state index is 0.216. The van der Waals surface area contributed by atoms with Crippen molar-refractivity contribution in [3.8, 4) is 0 Å². The molecule has 1 nitrogen and oxygen atoms in total. The second kappa shape index (κ2) is 3.39. The highest BCUT2D eigenvalue weighted by Gasteiger charge is 2.28. The molecule has 2 rings (SSSR count). The zero-order chi connectivity index (χ0) is 10.2. The highest BCUT2D eigenvalue weighted by molar-refractivity contribution is 5.35. The Morgan fingerprint density at radius 1 is 1.29 bits per heavy atom. The molecule has 1 aromatic rings. The normalized spacial score (nSPS) is 25.2. The maximum atomic E-state index is 9.97. The monoisotopic (exact) mass is 190 g/mol. The third-order valence-corrected chi connectivity index (χ3v) is 3.33. The van der Waals surface area contributed by atoms with E-state index in [1.807, 2.05) is 6.07 Å². The van der Waals surface area contributed by atoms with Gasteiger partial charge in [-0.05, 0) is 35.8 Å². The van der Waals surface area contributed by atoms with Crippen LogP contribution in [0.1, 0.15) is 50.3 Å². The van der Waals surface area contributed by atoms with Crippen molar-refractivity contribution in [2.45, 2.75) is 44.6 Å². The van der Waals surface area contributed by atoms with E-state index in [9.17, 15) is 5.11 Å². The first-order valence-corrected chi connectivity index (χ1v) is 5.39. The van der Waals surface area contributed by atoms with Crippen molar-refractivity contribution < 1.29 is 5.11 Å². The van der Waals surface area contributed by atoms with Crippen molar-refractivity contribution in [2.24, 2.45) is 0 Å². The fraction of sp³-hybridized carbons (Fsp3) is 0.538. The fourth-order valence-electron chi connectivity index (χ4n) is 2.43. The zero-order valence-electron chi connectivity index (χ0n) is 8.96. The molecule has 0 bridgehead atoms. The minimum Gasteiger partial charge on any atom is -0.388 e. The lowest BCUT2D eigenvalue weighted by Gasteiger charge is -2.25. The molecule has 1 heteroatoms. The van der Waals surface area contributed by atoms with E-state index in [1.54, 1.807) is 0 Å². The van der Waals surface area contributed by atoms with E-state index in [4.69, 9.17) is 0 Å². The Labute approximate surface area is 85.8 Å². The van der Waals surface area contributed by atoms with Gasteiger partial charge in [-0.25, -0.2) is 0 Å². The first kappa shape index (κ1) is 9.72. The van der Waals surface area contributed by atoms with Crippen molar-refractivity contribution in [2.75, 3.05) is 0 Å². The van der Waals surface area contributed by atoms with Gasteiger partial charge in [0, 0.05) is 0 Å². The molecule has 0 saturated heterocycles. The Morgan fingerprint density at radius 3 is 2.79 bits per heavy atom. The molecule has 14 heavy (non-hydrogen) atoms. The van der Waals surface area contributed by atoms with E-state index >= 15 is 0 Å². The van der Waals surface area contributed by atoms with Crippen LogP contribution >= 0.6 is 0 Å². The van der Waals surface area contributed by atoms with Crippen molar-refractivity contribution in [1.29, 1.82) is 0 Å². The summed E-state index contributed by atoms with van der Waals surface area (Å²) in [6, 6.07) is 8.30. The van der Waals surface area contributed by atoms with E-state index in [0.717, 1.165) is 18.4 Å². The van der Waals surface area contributed by atoms with Crippen LogP contribution in [0.25, 0.3) is 0 Å². The van der Waals surface area contributed by atoms with Gasteiger partial charge in [0.25, 0.3) is 0 Å². The predicted octanol–water partition coefficient (Wildman–Crippen LogP) is 3.18. The molecule has 0 amide bonds. The lowest BCUT2D eigenvalue weighted by Crippen LogP contribution is -2.17. The van der Waals surface area contributed by atoms with E-state index < -0.39 is 0 Å². The Hall–Kier alpha value is -0.820. The second-order valence-electron chi connectivity index (χ2n) is 4.88. The quantitative estimate of drug-likeness (QED) is 0.623. The topological polar surface area (TPSA) is 20.2 Å². The molecule has 0 aromatic heterocycles. The van der Waals surface area contributed by atoms with Crippen LogP contribution in [0.4, 0.5) is 0 Å². The van der Waals surface area contributed by atoms with E-state index in [1.165, 1.54) is 12.0 Å². The molecule has 1 N–H and O–H groups in total. The lowest BCUT2D eigenvalue weighted by atomic mass is 9.80. The summed E-state index contributed by atoms with van der Waals surface area (Å²) in [5, 5.41) is 9.97. The third kappa shape index (κ3) is 1.57. The highest BCUT2D eigenvalue weighted by Crippen LogP contribution is 2.39. The van der Waals surface area contributed by atoms with Gasteiger partial charge in [-0.3, -0.25) is 0 Å². The first-order valence-electron chi connectivity index (χ1n) is 5.39. The first-order chi connectivity index (χ1) is 6.61. The molecule has 0 heterocycles. The summed E-state index contributed by atoms with van der Waals surface area (Å²) in [5.41, 5.74) is 2.67. The number of rotatable bonds is 0. The second-order valence-corrected chi connectivity index (χ2v) is 4.88. The van der Waals surface area contributed by atoms with Gasteiger partial charge in [-0.15, -0.1) is 0 Å². The van der Waals surface area contributed by atoms with Gasteiger partial charge in [0.15, 0.2) is 0 Å². The maximum Gasteiger partial charge on any atom is 0.0792 e. The van der Waals surface area contributed by atoms with Crippen LogP contribution in [-0.2, 0) is 5.41 Å². The standard InChI is InChI=1S/C13H18O/c1-13(2)9-5-8-12(14)10-6-3-4-7-11(10)13/h3-4,6-7,12,14H,5,8-9H2,1-2H3. The van der Waals surface area contributed by atoms with Crippen molar-refractivity contribution in [1.82, 2.24) is 0 Å². The minimum atomic E-state index is -0.257. The molecular weight excluding hydrogens is 172 g/mol.